The second-order valence-electron chi connectivity index (χ2n) is 3.91. The van der Waals surface area contributed by atoms with E-state index in [0.717, 1.165) is 12.1 Å². The van der Waals surface area contributed by atoms with Gasteiger partial charge in [0.15, 0.2) is 0 Å². The van der Waals surface area contributed by atoms with Gasteiger partial charge in [0, 0.05) is 12.7 Å². The highest BCUT2D eigenvalue weighted by Gasteiger charge is 2.16. The van der Waals surface area contributed by atoms with E-state index in [4.69, 9.17) is 9.84 Å². The molecule has 0 spiro atoms. The molecule has 1 atom stereocenters. The minimum absolute atomic E-state index is 0.0164. The van der Waals surface area contributed by atoms with Crippen LogP contribution in [0.3, 0.4) is 0 Å². The van der Waals surface area contributed by atoms with Crippen LogP contribution in [0, 0.1) is 17.6 Å². The quantitative estimate of drug-likeness (QED) is 0.865. The number of hydrogen-bond acceptors (Lipinski definition) is 2. The van der Waals surface area contributed by atoms with E-state index in [1.807, 2.05) is 0 Å². The fraction of sp³-hybridized carbons (Fsp3) is 0.417. The van der Waals surface area contributed by atoms with Crippen LogP contribution < -0.4 is 0 Å². The summed E-state index contributed by atoms with van der Waals surface area (Å²) in [5.74, 6) is -2.98. The molecular formula is C12H14F2O3. The molecule has 0 bridgehead atoms. The Morgan fingerprint density at radius 1 is 1.35 bits per heavy atom. The lowest BCUT2D eigenvalue weighted by Crippen LogP contribution is -2.13. The maximum absolute atomic E-state index is 13.6. The van der Waals surface area contributed by atoms with Crippen molar-refractivity contribution in [2.75, 3.05) is 7.11 Å². The van der Waals surface area contributed by atoms with Crippen LogP contribution in [0.25, 0.3) is 0 Å². The molecule has 17 heavy (non-hydrogen) atoms. The van der Waals surface area contributed by atoms with E-state index in [1.165, 1.54) is 14.0 Å². The van der Waals surface area contributed by atoms with E-state index >= 15 is 0 Å². The van der Waals surface area contributed by atoms with Crippen LogP contribution >= 0.6 is 0 Å². The first-order valence-electron chi connectivity index (χ1n) is 5.14. The molecule has 0 aliphatic rings. The van der Waals surface area contributed by atoms with Crippen molar-refractivity contribution in [2.45, 2.75) is 20.0 Å². The molecule has 0 amide bonds. The lowest BCUT2D eigenvalue weighted by atomic mass is 9.99. The maximum atomic E-state index is 13.6. The lowest BCUT2D eigenvalue weighted by Gasteiger charge is -2.10. The summed E-state index contributed by atoms with van der Waals surface area (Å²) in [6.07, 6.45) is -0.0364. The Kier molecular flexibility index (Phi) is 4.57. The van der Waals surface area contributed by atoms with E-state index in [9.17, 15) is 13.6 Å². The Bertz CT molecular complexity index is 418. The first-order valence-corrected chi connectivity index (χ1v) is 5.14. The molecule has 1 aromatic rings. The highest BCUT2D eigenvalue weighted by molar-refractivity contribution is 5.69. The van der Waals surface area contributed by atoms with E-state index in [2.05, 4.69) is 0 Å². The third-order valence-corrected chi connectivity index (χ3v) is 2.46. The van der Waals surface area contributed by atoms with Gasteiger partial charge in [-0.25, -0.2) is 8.78 Å². The number of benzene rings is 1. The lowest BCUT2D eigenvalue weighted by molar-refractivity contribution is -0.141. The fourth-order valence-corrected chi connectivity index (χ4v) is 1.47. The standard InChI is InChI=1S/C12H14F2O3/c1-7(12(15)16)3-8-4-11(14)9(6-17-2)5-10(8)13/h4-5,7H,3,6H2,1-2H3,(H,15,16). The van der Waals surface area contributed by atoms with Gasteiger partial charge in [0.05, 0.1) is 12.5 Å². The zero-order valence-corrected chi connectivity index (χ0v) is 9.67. The summed E-state index contributed by atoms with van der Waals surface area (Å²) in [6.45, 7) is 1.43. The molecule has 94 valence electrons. The first kappa shape index (κ1) is 13.6. The molecule has 1 aromatic carbocycles. The van der Waals surface area contributed by atoms with Crippen LogP contribution in [0.1, 0.15) is 18.1 Å². The predicted molar refractivity (Wildman–Crippen MR) is 57.6 cm³/mol. The van der Waals surface area contributed by atoms with Gasteiger partial charge >= 0.3 is 5.97 Å². The fourth-order valence-electron chi connectivity index (χ4n) is 1.47. The Labute approximate surface area is 98.0 Å². The molecule has 1 rings (SSSR count). The van der Waals surface area contributed by atoms with E-state index in [1.54, 1.807) is 0 Å². The number of carbonyl (C=O) groups is 1. The number of hydrogen-bond donors (Lipinski definition) is 1. The maximum Gasteiger partial charge on any atom is 0.306 e. The molecule has 1 N–H and O–H groups in total. The van der Waals surface area contributed by atoms with Crippen molar-refractivity contribution >= 4 is 5.97 Å². The van der Waals surface area contributed by atoms with Crippen molar-refractivity contribution < 1.29 is 23.4 Å². The first-order chi connectivity index (χ1) is 7.95. The van der Waals surface area contributed by atoms with Gasteiger partial charge in [-0.2, -0.15) is 0 Å². The van der Waals surface area contributed by atoms with Gasteiger partial charge < -0.3 is 9.84 Å². The summed E-state index contributed by atoms with van der Waals surface area (Å²) >= 11 is 0. The average Bonchev–Trinajstić information content (AvgIpc) is 2.25. The zero-order valence-electron chi connectivity index (χ0n) is 9.67. The minimum Gasteiger partial charge on any atom is -0.481 e. The summed E-state index contributed by atoms with van der Waals surface area (Å²) in [6, 6.07) is 2.08. The second-order valence-corrected chi connectivity index (χ2v) is 3.91. The molecule has 0 fully saturated rings. The topological polar surface area (TPSA) is 46.5 Å². The van der Waals surface area contributed by atoms with Crippen molar-refractivity contribution in [3.8, 4) is 0 Å². The molecule has 0 aliphatic carbocycles. The molecule has 1 unspecified atom stereocenters. The Hall–Kier alpha value is -1.49. The van der Waals surface area contributed by atoms with Crippen LogP contribution in [0.15, 0.2) is 12.1 Å². The van der Waals surface area contributed by atoms with Crippen LogP contribution in [-0.4, -0.2) is 18.2 Å². The number of ether oxygens (including phenoxy) is 1. The third-order valence-electron chi connectivity index (χ3n) is 2.46. The van der Waals surface area contributed by atoms with Gasteiger partial charge in [0.1, 0.15) is 11.6 Å². The van der Waals surface area contributed by atoms with Gasteiger partial charge in [0.25, 0.3) is 0 Å². The largest absolute Gasteiger partial charge is 0.481 e. The van der Waals surface area contributed by atoms with Gasteiger partial charge in [-0.05, 0) is 24.1 Å². The molecular weight excluding hydrogens is 230 g/mol. The van der Waals surface area contributed by atoms with Crippen molar-refractivity contribution in [3.05, 3.63) is 34.9 Å². The van der Waals surface area contributed by atoms with E-state index < -0.39 is 23.5 Å². The normalized spacial score (nSPS) is 12.5. The number of rotatable bonds is 5. The average molecular weight is 244 g/mol. The summed E-state index contributed by atoms with van der Waals surface area (Å²) in [5, 5.41) is 8.71. The summed E-state index contributed by atoms with van der Waals surface area (Å²) < 4.78 is 31.8. The zero-order chi connectivity index (χ0) is 13.0. The Balaban J connectivity index is 2.95. The summed E-state index contributed by atoms with van der Waals surface area (Å²) in [7, 11) is 1.39. The van der Waals surface area contributed by atoms with Crippen LogP contribution in [0.5, 0.6) is 0 Å². The monoisotopic (exact) mass is 244 g/mol. The molecule has 0 saturated heterocycles. The SMILES string of the molecule is COCc1cc(F)c(CC(C)C(=O)O)cc1F. The third kappa shape index (κ3) is 3.49. The van der Waals surface area contributed by atoms with Crippen molar-refractivity contribution in [3.63, 3.8) is 0 Å². The Morgan fingerprint density at radius 3 is 2.41 bits per heavy atom. The van der Waals surface area contributed by atoms with Crippen molar-refractivity contribution in [1.29, 1.82) is 0 Å². The number of halogens is 2. The van der Waals surface area contributed by atoms with Crippen LogP contribution in [-0.2, 0) is 22.6 Å². The van der Waals surface area contributed by atoms with E-state index in [-0.39, 0.29) is 24.2 Å². The molecule has 3 nitrogen and oxygen atoms in total. The minimum atomic E-state index is -1.04. The highest BCUT2D eigenvalue weighted by atomic mass is 19.1. The number of carboxylic acid groups (broad SMARTS) is 1. The second kappa shape index (κ2) is 5.72. The van der Waals surface area contributed by atoms with Crippen LogP contribution in [0.4, 0.5) is 8.78 Å². The van der Waals surface area contributed by atoms with Gasteiger partial charge in [-0.3, -0.25) is 4.79 Å². The predicted octanol–water partition coefficient (Wildman–Crippen LogP) is 2.37. The molecule has 0 radical (unpaired) electrons. The summed E-state index contributed by atoms with van der Waals surface area (Å²) in [5.41, 5.74) is 0.189. The van der Waals surface area contributed by atoms with Crippen molar-refractivity contribution in [1.82, 2.24) is 0 Å². The van der Waals surface area contributed by atoms with Gasteiger partial charge in [-0.15, -0.1) is 0 Å². The van der Waals surface area contributed by atoms with Gasteiger partial charge in [0.2, 0.25) is 0 Å². The summed E-state index contributed by atoms with van der Waals surface area (Å²) in [4.78, 5) is 10.6. The number of carboxylic acids is 1. The molecule has 0 heterocycles. The van der Waals surface area contributed by atoms with Crippen LogP contribution in [0.2, 0.25) is 0 Å². The molecule has 0 saturated carbocycles. The van der Waals surface area contributed by atoms with Gasteiger partial charge in [-0.1, -0.05) is 6.92 Å². The molecule has 0 aliphatic heterocycles. The number of aliphatic carboxylic acids is 1. The highest BCUT2D eigenvalue weighted by Crippen LogP contribution is 2.18. The van der Waals surface area contributed by atoms with E-state index in [0.29, 0.717) is 0 Å². The van der Waals surface area contributed by atoms with Crippen molar-refractivity contribution in [2.24, 2.45) is 5.92 Å². The molecule has 5 heteroatoms. The number of methoxy groups -OCH3 is 1. The Morgan fingerprint density at radius 2 is 1.88 bits per heavy atom. The smallest absolute Gasteiger partial charge is 0.306 e. The molecule has 0 aromatic heterocycles.